The lowest BCUT2D eigenvalue weighted by atomic mass is 10.1. The Balaban J connectivity index is 1.25. The normalized spacial score (nSPS) is 18.1. The summed E-state index contributed by atoms with van der Waals surface area (Å²) in [5, 5.41) is 1.92. The fourth-order valence-corrected chi connectivity index (χ4v) is 6.25. The number of benzene rings is 3. The quantitative estimate of drug-likeness (QED) is 0.580. The molecule has 3 aromatic carbocycles. The van der Waals surface area contributed by atoms with Crippen molar-refractivity contribution in [1.29, 1.82) is 0 Å². The summed E-state index contributed by atoms with van der Waals surface area (Å²) in [4.78, 5) is 17.6. The number of amides is 1. The van der Waals surface area contributed by atoms with Crippen LogP contribution in [0.2, 0.25) is 0 Å². The monoisotopic (exact) mass is 463 g/mol. The maximum absolute atomic E-state index is 13.2. The van der Waals surface area contributed by atoms with Crippen molar-refractivity contribution < 1.29 is 13.2 Å². The molecule has 33 heavy (non-hydrogen) atoms. The number of hydrogen-bond acceptors (Lipinski definition) is 4. The molecular weight excluding hydrogens is 434 g/mol. The van der Waals surface area contributed by atoms with E-state index in [1.54, 1.807) is 17.0 Å². The van der Waals surface area contributed by atoms with E-state index in [-0.39, 0.29) is 5.91 Å². The van der Waals surface area contributed by atoms with Crippen molar-refractivity contribution in [2.24, 2.45) is 0 Å². The fourth-order valence-electron chi connectivity index (χ4n) is 4.79. The number of likely N-dealkylation sites (tertiary alicyclic amines) is 1. The summed E-state index contributed by atoms with van der Waals surface area (Å²) in [6, 6.07) is 20.8. The van der Waals surface area contributed by atoms with Crippen LogP contribution in [0, 0.1) is 0 Å². The van der Waals surface area contributed by atoms with Crippen molar-refractivity contribution in [1.82, 2.24) is 14.1 Å². The van der Waals surface area contributed by atoms with Crippen LogP contribution in [-0.4, -0.2) is 67.7 Å². The molecule has 2 heterocycles. The number of nitrogens with zero attached hydrogens (tertiary/aromatic N) is 3. The number of rotatable bonds is 5. The van der Waals surface area contributed by atoms with E-state index in [1.165, 1.54) is 17.1 Å². The zero-order chi connectivity index (χ0) is 22.8. The summed E-state index contributed by atoms with van der Waals surface area (Å²) in [7, 11) is -3.60. The average molecular weight is 464 g/mol. The summed E-state index contributed by atoms with van der Waals surface area (Å²) in [6.45, 7) is 4.49. The van der Waals surface area contributed by atoms with E-state index in [0.29, 0.717) is 36.6 Å². The first-order valence-electron chi connectivity index (χ1n) is 11.6. The molecule has 0 aromatic heterocycles. The second-order valence-electron chi connectivity index (χ2n) is 8.89. The molecule has 3 aromatic rings. The van der Waals surface area contributed by atoms with E-state index < -0.39 is 10.0 Å². The van der Waals surface area contributed by atoms with E-state index >= 15 is 0 Å². The van der Waals surface area contributed by atoms with Gasteiger partial charge in [0.25, 0.3) is 5.91 Å². The third kappa shape index (κ3) is 4.67. The summed E-state index contributed by atoms with van der Waals surface area (Å²) in [5.41, 5.74) is 1.83. The van der Waals surface area contributed by atoms with Crippen LogP contribution in [0.5, 0.6) is 0 Å². The highest BCUT2D eigenvalue weighted by atomic mass is 32.2. The van der Waals surface area contributed by atoms with Gasteiger partial charge >= 0.3 is 0 Å². The van der Waals surface area contributed by atoms with Gasteiger partial charge in [-0.1, -0.05) is 42.5 Å². The first-order valence-corrected chi connectivity index (χ1v) is 13.0. The highest BCUT2D eigenvalue weighted by molar-refractivity contribution is 7.89. The molecule has 0 spiro atoms. The average Bonchev–Trinajstić information content (AvgIpc) is 3.36. The highest BCUT2D eigenvalue weighted by Gasteiger charge is 2.30. The van der Waals surface area contributed by atoms with Gasteiger partial charge in [-0.25, -0.2) is 8.42 Å². The number of sulfonamides is 1. The van der Waals surface area contributed by atoms with Crippen LogP contribution < -0.4 is 0 Å². The minimum Gasteiger partial charge on any atom is -0.336 e. The summed E-state index contributed by atoms with van der Waals surface area (Å²) in [5.74, 6) is -0.0268. The fraction of sp³-hybridized carbons (Fsp3) is 0.346. The van der Waals surface area contributed by atoms with Gasteiger partial charge in [0.1, 0.15) is 0 Å². The van der Waals surface area contributed by atoms with Crippen LogP contribution in [0.1, 0.15) is 28.8 Å². The second kappa shape index (κ2) is 9.25. The minimum atomic E-state index is -3.60. The maximum atomic E-state index is 13.2. The standard InChI is InChI=1S/C26H29N3O3S/c30-26(24-9-5-6-21(18-24)20-27-12-3-4-13-27)28-14-16-29(17-15-28)33(31,32)25-11-10-22-7-1-2-8-23(22)19-25/h1-2,5-11,18-19H,3-4,12-17,20H2. The zero-order valence-electron chi connectivity index (χ0n) is 18.7. The molecule has 2 aliphatic heterocycles. The molecule has 0 radical (unpaired) electrons. The van der Waals surface area contributed by atoms with Crippen molar-refractivity contribution in [2.45, 2.75) is 24.3 Å². The molecule has 7 heteroatoms. The lowest BCUT2D eigenvalue weighted by Crippen LogP contribution is -2.50. The molecule has 5 rings (SSSR count). The first kappa shape index (κ1) is 22.1. The largest absolute Gasteiger partial charge is 0.336 e. The molecule has 172 valence electrons. The number of carbonyl (C=O) groups excluding carboxylic acids is 1. The van der Waals surface area contributed by atoms with Crippen molar-refractivity contribution in [3.05, 3.63) is 77.9 Å². The Morgan fingerprint density at radius 3 is 2.24 bits per heavy atom. The van der Waals surface area contributed by atoms with Crippen LogP contribution in [0.15, 0.2) is 71.6 Å². The molecule has 0 N–H and O–H groups in total. The van der Waals surface area contributed by atoms with E-state index in [0.717, 1.165) is 36.0 Å². The molecule has 1 amide bonds. The Hall–Kier alpha value is -2.74. The molecule has 2 saturated heterocycles. The summed E-state index contributed by atoms with van der Waals surface area (Å²) in [6.07, 6.45) is 2.48. The minimum absolute atomic E-state index is 0.0268. The van der Waals surface area contributed by atoms with Crippen LogP contribution in [0.3, 0.4) is 0 Å². The molecular formula is C26H29N3O3S. The second-order valence-corrected chi connectivity index (χ2v) is 10.8. The number of carbonyl (C=O) groups is 1. The van der Waals surface area contributed by atoms with Gasteiger partial charge in [0.05, 0.1) is 4.90 Å². The Labute approximate surface area is 195 Å². The van der Waals surface area contributed by atoms with Gasteiger partial charge in [0, 0.05) is 38.3 Å². The van der Waals surface area contributed by atoms with Crippen molar-refractivity contribution in [3.63, 3.8) is 0 Å². The van der Waals surface area contributed by atoms with Crippen molar-refractivity contribution >= 4 is 26.7 Å². The third-order valence-corrected chi connectivity index (χ3v) is 8.56. The molecule has 0 bridgehead atoms. The lowest BCUT2D eigenvalue weighted by Gasteiger charge is -2.34. The number of hydrogen-bond donors (Lipinski definition) is 0. The van der Waals surface area contributed by atoms with Crippen LogP contribution in [0.25, 0.3) is 10.8 Å². The predicted octanol–water partition coefficient (Wildman–Crippen LogP) is 3.58. The van der Waals surface area contributed by atoms with Gasteiger partial charge in [-0.15, -0.1) is 0 Å². The number of fused-ring (bicyclic) bond motifs is 1. The Bertz CT molecular complexity index is 1260. The molecule has 0 aliphatic carbocycles. The van der Waals surface area contributed by atoms with Gasteiger partial charge in [0.2, 0.25) is 10.0 Å². The highest BCUT2D eigenvalue weighted by Crippen LogP contribution is 2.23. The SMILES string of the molecule is O=C(c1cccc(CN2CCCC2)c1)N1CCN(S(=O)(=O)c2ccc3ccccc3c2)CC1. The first-order chi connectivity index (χ1) is 16.0. The Morgan fingerprint density at radius 2 is 1.48 bits per heavy atom. The summed E-state index contributed by atoms with van der Waals surface area (Å²) >= 11 is 0. The molecule has 0 unspecified atom stereocenters. The smallest absolute Gasteiger partial charge is 0.253 e. The molecule has 6 nitrogen and oxygen atoms in total. The van der Waals surface area contributed by atoms with Gasteiger partial charge in [-0.3, -0.25) is 9.69 Å². The molecule has 0 atom stereocenters. The van der Waals surface area contributed by atoms with Gasteiger partial charge in [-0.2, -0.15) is 4.31 Å². The van der Waals surface area contributed by atoms with Crippen LogP contribution in [-0.2, 0) is 16.6 Å². The van der Waals surface area contributed by atoms with Gasteiger partial charge in [-0.05, 0) is 66.5 Å². The van der Waals surface area contributed by atoms with E-state index in [1.807, 2.05) is 48.5 Å². The third-order valence-electron chi connectivity index (χ3n) is 6.66. The predicted molar refractivity (Wildman–Crippen MR) is 130 cm³/mol. The topological polar surface area (TPSA) is 60.9 Å². The zero-order valence-corrected chi connectivity index (χ0v) is 19.5. The Morgan fingerprint density at radius 1 is 0.758 bits per heavy atom. The Kier molecular flexibility index (Phi) is 6.19. The molecule has 2 fully saturated rings. The molecule has 0 saturated carbocycles. The van der Waals surface area contributed by atoms with Crippen LogP contribution >= 0.6 is 0 Å². The van der Waals surface area contributed by atoms with E-state index in [4.69, 9.17) is 0 Å². The number of piperazine rings is 1. The van der Waals surface area contributed by atoms with Crippen molar-refractivity contribution in [3.8, 4) is 0 Å². The van der Waals surface area contributed by atoms with Crippen LogP contribution in [0.4, 0.5) is 0 Å². The van der Waals surface area contributed by atoms with E-state index in [9.17, 15) is 13.2 Å². The lowest BCUT2D eigenvalue weighted by molar-refractivity contribution is 0.0697. The molecule has 2 aliphatic rings. The van der Waals surface area contributed by atoms with E-state index in [2.05, 4.69) is 11.0 Å². The summed E-state index contributed by atoms with van der Waals surface area (Å²) < 4.78 is 27.9. The van der Waals surface area contributed by atoms with Crippen molar-refractivity contribution in [2.75, 3.05) is 39.3 Å². The maximum Gasteiger partial charge on any atom is 0.253 e. The van der Waals surface area contributed by atoms with Gasteiger partial charge in [0.15, 0.2) is 0 Å². The van der Waals surface area contributed by atoms with Gasteiger partial charge < -0.3 is 4.90 Å².